The lowest BCUT2D eigenvalue weighted by atomic mass is 10.2. The molecule has 0 heterocycles. The second-order valence-corrected chi connectivity index (χ2v) is 10.3. The molecule has 0 spiro atoms. The minimum atomic E-state index is -3.55. The number of rotatable bonds is 11. The molecule has 29 heavy (non-hydrogen) atoms. The van der Waals surface area contributed by atoms with Crippen molar-refractivity contribution in [2.24, 2.45) is 0 Å². The van der Waals surface area contributed by atoms with Crippen LogP contribution in [-0.4, -0.2) is 39.4 Å². The van der Waals surface area contributed by atoms with E-state index < -0.39 is 10.0 Å². The Morgan fingerprint density at radius 1 is 1.14 bits per heavy atom. The molecule has 0 aromatic heterocycles. The smallest absolute Gasteiger partial charge is 0.232 e. The van der Waals surface area contributed by atoms with E-state index in [1.807, 2.05) is 18.2 Å². The maximum Gasteiger partial charge on any atom is 0.232 e. The minimum absolute atomic E-state index is 0.101. The predicted octanol–water partition coefficient (Wildman–Crippen LogP) is 4.59. The van der Waals surface area contributed by atoms with E-state index in [0.29, 0.717) is 28.7 Å². The van der Waals surface area contributed by atoms with Gasteiger partial charge in [-0.3, -0.25) is 9.10 Å². The summed E-state index contributed by atoms with van der Waals surface area (Å²) in [6.07, 6.45) is 1.71. The lowest BCUT2D eigenvalue weighted by Crippen LogP contribution is -2.32. The first kappa shape index (κ1) is 23.9. The molecule has 9 heteroatoms. The Morgan fingerprint density at radius 2 is 1.86 bits per heavy atom. The van der Waals surface area contributed by atoms with Crippen LogP contribution in [0.15, 0.2) is 48.5 Å². The number of benzene rings is 2. The molecular weight excluding hydrogens is 451 g/mol. The maximum atomic E-state index is 12.2. The molecule has 0 aliphatic rings. The van der Waals surface area contributed by atoms with Crippen LogP contribution in [0.1, 0.15) is 18.4 Å². The molecular formula is C20H24Cl2N2O3S2. The van der Waals surface area contributed by atoms with Crippen molar-refractivity contribution < 1.29 is 13.2 Å². The number of carbonyl (C=O) groups is 1. The Kier molecular flexibility index (Phi) is 9.62. The van der Waals surface area contributed by atoms with Crippen molar-refractivity contribution in [3.63, 3.8) is 0 Å². The Balaban J connectivity index is 1.74. The van der Waals surface area contributed by atoms with Crippen molar-refractivity contribution in [1.82, 2.24) is 5.32 Å². The van der Waals surface area contributed by atoms with Gasteiger partial charge < -0.3 is 5.32 Å². The molecule has 0 aliphatic carbocycles. The van der Waals surface area contributed by atoms with Gasteiger partial charge in [-0.2, -0.15) is 11.8 Å². The second kappa shape index (κ2) is 11.7. The highest BCUT2D eigenvalue weighted by atomic mass is 35.5. The number of sulfonamides is 1. The van der Waals surface area contributed by atoms with Gasteiger partial charge in [0.05, 0.1) is 17.0 Å². The normalized spacial score (nSPS) is 11.3. The molecule has 0 radical (unpaired) electrons. The molecule has 158 valence electrons. The number of thioether (sulfide) groups is 1. The summed E-state index contributed by atoms with van der Waals surface area (Å²) in [4.78, 5) is 12.0. The highest BCUT2D eigenvalue weighted by Gasteiger charge is 2.20. The van der Waals surface area contributed by atoms with Gasteiger partial charge in [0, 0.05) is 36.0 Å². The number of amides is 1. The number of halogens is 2. The summed E-state index contributed by atoms with van der Waals surface area (Å²) >= 11 is 13.9. The van der Waals surface area contributed by atoms with Crippen LogP contribution in [0.2, 0.25) is 10.0 Å². The summed E-state index contributed by atoms with van der Waals surface area (Å²) in [7, 11) is -3.55. The van der Waals surface area contributed by atoms with E-state index in [0.717, 1.165) is 17.8 Å². The minimum Gasteiger partial charge on any atom is -0.355 e. The van der Waals surface area contributed by atoms with Gasteiger partial charge in [-0.1, -0.05) is 53.5 Å². The molecule has 0 saturated heterocycles. The van der Waals surface area contributed by atoms with Crippen LogP contribution in [0.5, 0.6) is 0 Å². The number of nitrogens with one attached hydrogen (secondary N) is 1. The fourth-order valence-electron chi connectivity index (χ4n) is 2.64. The summed E-state index contributed by atoms with van der Waals surface area (Å²) in [5, 5.41) is 3.55. The van der Waals surface area contributed by atoms with Gasteiger partial charge in [-0.05, 0) is 30.2 Å². The van der Waals surface area contributed by atoms with Crippen LogP contribution in [-0.2, 0) is 20.6 Å². The Labute approximate surface area is 186 Å². The molecule has 0 saturated carbocycles. The first-order valence-corrected chi connectivity index (χ1v) is 12.8. The molecule has 0 aliphatic heterocycles. The number of carbonyl (C=O) groups excluding carboxylic acids is 1. The molecule has 1 N–H and O–H groups in total. The molecule has 2 aromatic carbocycles. The summed E-state index contributed by atoms with van der Waals surface area (Å²) in [6.45, 7) is 0.724. The largest absolute Gasteiger partial charge is 0.355 e. The van der Waals surface area contributed by atoms with Crippen molar-refractivity contribution in [2.45, 2.75) is 18.6 Å². The summed E-state index contributed by atoms with van der Waals surface area (Å²) in [5.41, 5.74) is 1.57. The fraction of sp³-hybridized carbons (Fsp3) is 0.350. The van der Waals surface area contributed by atoms with E-state index in [9.17, 15) is 13.2 Å². The zero-order chi connectivity index (χ0) is 21.3. The topological polar surface area (TPSA) is 66.5 Å². The second-order valence-electron chi connectivity index (χ2n) is 6.42. The summed E-state index contributed by atoms with van der Waals surface area (Å²) < 4.78 is 25.5. The predicted molar refractivity (Wildman–Crippen MR) is 123 cm³/mol. The average Bonchev–Trinajstić information content (AvgIpc) is 2.67. The van der Waals surface area contributed by atoms with Gasteiger partial charge in [0.25, 0.3) is 0 Å². The van der Waals surface area contributed by atoms with Crippen molar-refractivity contribution in [2.75, 3.05) is 29.4 Å². The van der Waals surface area contributed by atoms with E-state index in [-0.39, 0.29) is 18.9 Å². The number of nitrogens with zero attached hydrogens (tertiary/aromatic N) is 1. The third-order valence-corrected chi connectivity index (χ3v) is 6.79. The van der Waals surface area contributed by atoms with Crippen LogP contribution in [0.3, 0.4) is 0 Å². The van der Waals surface area contributed by atoms with Crippen molar-refractivity contribution in [3.8, 4) is 0 Å². The van der Waals surface area contributed by atoms with Crippen molar-refractivity contribution in [3.05, 3.63) is 64.1 Å². The molecule has 2 rings (SSSR count). The Bertz CT molecular complexity index is 909. The van der Waals surface area contributed by atoms with Crippen LogP contribution in [0.4, 0.5) is 5.69 Å². The van der Waals surface area contributed by atoms with E-state index in [2.05, 4.69) is 17.4 Å². The third kappa shape index (κ3) is 8.46. The summed E-state index contributed by atoms with van der Waals surface area (Å²) in [5.74, 6) is 1.62. The number of hydrogen-bond acceptors (Lipinski definition) is 4. The van der Waals surface area contributed by atoms with Gasteiger partial charge >= 0.3 is 0 Å². The molecule has 0 unspecified atom stereocenters. The monoisotopic (exact) mass is 474 g/mol. The first-order valence-electron chi connectivity index (χ1n) is 9.08. The van der Waals surface area contributed by atoms with Gasteiger partial charge in [-0.25, -0.2) is 8.42 Å². The zero-order valence-corrected chi connectivity index (χ0v) is 19.3. The van der Waals surface area contributed by atoms with Crippen LogP contribution < -0.4 is 9.62 Å². The van der Waals surface area contributed by atoms with Crippen molar-refractivity contribution in [1.29, 1.82) is 0 Å². The Morgan fingerprint density at radius 3 is 2.55 bits per heavy atom. The molecule has 2 aromatic rings. The standard InChI is InChI=1S/C20H24Cl2N2O3S2/c1-29(26,27)24(19-14-17(21)9-10-18(19)22)12-5-8-20(25)23-11-13-28-15-16-6-3-2-4-7-16/h2-4,6-7,9-10,14H,5,8,11-13,15H2,1H3,(H,23,25). The average molecular weight is 475 g/mol. The fourth-order valence-corrected chi connectivity index (χ4v) is 4.86. The maximum absolute atomic E-state index is 12.2. The third-order valence-electron chi connectivity index (χ3n) is 4.02. The molecule has 5 nitrogen and oxygen atoms in total. The first-order chi connectivity index (χ1) is 13.8. The highest BCUT2D eigenvalue weighted by Crippen LogP contribution is 2.30. The van der Waals surface area contributed by atoms with E-state index >= 15 is 0 Å². The molecule has 0 fully saturated rings. The zero-order valence-electron chi connectivity index (χ0n) is 16.1. The van der Waals surface area contributed by atoms with Crippen LogP contribution >= 0.6 is 35.0 Å². The van der Waals surface area contributed by atoms with E-state index in [1.165, 1.54) is 15.9 Å². The van der Waals surface area contributed by atoms with Crippen molar-refractivity contribution >= 4 is 56.6 Å². The van der Waals surface area contributed by atoms with Gasteiger partial charge in [0.1, 0.15) is 0 Å². The van der Waals surface area contributed by atoms with Gasteiger partial charge in [0.2, 0.25) is 15.9 Å². The lowest BCUT2D eigenvalue weighted by molar-refractivity contribution is -0.121. The molecule has 0 bridgehead atoms. The highest BCUT2D eigenvalue weighted by molar-refractivity contribution is 7.98. The SMILES string of the molecule is CS(=O)(=O)N(CCCC(=O)NCCSCc1ccccc1)c1cc(Cl)ccc1Cl. The molecule has 1 amide bonds. The van der Waals surface area contributed by atoms with Crippen LogP contribution in [0.25, 0.3) is 0 Å². The van der Waals surface area contributed by atoms with Crippen LogP contribution in [0, 0.1) is 0 Å². The van der Waals surface area contributed by atoms with E-state index in [4.69, 9.17) is 23.2 Å². The van der Waals surface area contributed by atoms with E-state index in [1.54, 1.807) is 23.9 Å². The molecule has 0 atom stereocenters. The number of anilines is 1. The summed E-state index contributed by atoms with van der Waals surface area (Å²) in [6, 6.07) is 14.8. The lowest BCUT2D eigenvalue weighted by Gasteiger charge is -2.23. The number of hydrogen-bond donors (Lipinski definition) is 1. The quantitative estimate of drug-likeness (QED) is 0.483. The van der Waals surface area contributed by atoms with Gasteiger partial charge in [0.15, 0.2) is 0 Å². The Hall–Kier alpha value is -1.41. The van der Waals surface area contributed by atoms with Gasteiger partial charge in [-0.15, -0.1) is 0 Å².